The van der Waals surface area contributed by atoms with Gasteiger partial charge in [-0.2, -0.15) is 9.57 Å². The zero-order valence-corrected chi connectivity index (χ0v) is 17.7. The standard InChI is InChI=1S/C18H16ClN5O3S2/c1-29(26,27)23-8-6-11(10-23)24-18(25)13(9-20)17(28-24)22-16-12-3-2-7-21-15(12)5-4-14(16)19/h2-5,7,11,22H,6,8,10H2,1H3/t11-/m1/s1. The Morgan fingerprint density at radius 1 is 1.38 bits per heavy atom. The highest BCUT2D eigenvalue weighted by molar-refractivity contribution is 7.88. The van der Waals surface area contributed by atoms with E-state index >= 15 is 0 Å². The van der Waals surface area contributed by atoms with Crippen molar-refractivity contribution >= 4 is 54.7 Å². The fourth-order valence-electron chi connectivity index (χ4n) is 3.39. The largest absolute Gasteiger partial charge is 0.343 e. The third-order valence-corrected chi connectivity index (χ3v) is 7.58. The number of fused-ring (bicyclic) bond motifs is 1. The van der Waals surface area contributed by atoms with Crippen LogP contribution in [0.25, 0.3) is 10.9 Å². The molecule has 0 amide bonds. The summed E-state index contributed by atoms with van der Waals surface area (Å²) in [5, 5.41) is 14.3. The van der Waals surface area contributed by atoms with Crippen molar-refractivity contribution in [3.05, 3.63) is 51.4 Å². The van der Waals surface area contributed by atoms with Crippen molar-refractivity contribution in [2.75, 3.05) is 24.7 Å². The second-order valence-corrected chi connectivity index (χ2v) is 10.1. The van der Waals surface area contributed by atoms with Crippen molar-refractivity contribution in [1.29, 1.82) is 5.26 Å². The normalized spacial score (nSPS) is 17.5. The average molecular weight is 450 g/mol. The fraction of sp³-hybridized carbons (Fsp3) is 0.278. The first-order valence-electron chi connectivity index (χ1n) is 8.71. The van der Waals surface area contributed by atoms with Crippen molar-refractivity contribution in [3.63, 3.8) is 0 Å². The van der Waals surface area contributed by atoms with E-state index in [9.17, 15) is 18.5 Å². The molecule has 1 fully saturated rings. The highest BCUT2D eigenvalue weighted by Crippen LogP contribution is 2.36. The van der Waals surface area contributed by atoms with Crippen LogP contribution in [0.4, 0.5) is 10.7 Å². The zero-order valence-electron chi connectivity index (χ0n) is 15.3. The second kappa shape index (κ2) is 7.42. The van der Waals surface area contributed by atoms with Crippen molar-refractivity contribution < 1.29 is 8.42 Å². The van der Waals surface area contributed by atoms with Gasteiger partial charge in [0.25, 0.3) is 5.56 Å². The van der Waals surface area contributed by atoms with Gasteiger partial charge >= 0.3 is 0 Å². The van der Waals surface area contributed by atoms with Crippen LogP contribution in [0.3, 0.4) is 0 Å². The predicted octanol–water partition coefficient (Wildman–Crippen LogP) is 2.93. The van der Waals surface area contributed by atoms with Crippen LogP contribution >= 0.6 is 23.1 Å². The summed E-state index contributed by atoms with van der Waals surface area (Å²) in [6.45, 7) is 0.557. The maximum absolute atomic E-state index is 12.8. The smallest absolute Gasteiger partial charge is 0.281 e. The highest BCUT2D eigenvalue weighted by Gasteiger charge is 2.32. The molecule has 0 unspecified atom stereocenters. The molecule has 1 aliphatic heterocycles. The topological polar surface area (TPSA) is 108 Å². The quantitative estimate of drug-likeness (QED) is 0.656. The molecular formula is C18H16ClN5O3S2. The summed E-state index contributed by atoms with van der Waals surface area (Å²) < 4.78 is 26.4. The first-order valence-corrected chi connectivity index (χ1v) is 11.7. The summed E-state index contributed by atoms with van der Waals surface area (Å²) in [6, 6.07) is 8.77. The lowest BCUT2D eigenvalue weighted by Gasteiger charge is -2.13. The number of anilines is 2. The lowest BCUT2D eigenvalue weighted by molar-refractivity contribution is 0.462. The van der Waals surface area contributed by atoms with Crippen molar-refractivity contribution in [1.82, 2.24) is 13.2 Å². The Bertz CT molecular complexity index is 1310. The summed E-state index contributed by atoms with van der Waals surface area (Å²) in [6.07, 6.45) is 3.33. The van der Waals surface area contributed by atoms with Crippen LogP contribution in [-0.2, 0) is 10.0 Å². The Hall–Kier alpha value is -2.45. The van der Waals surface area contributed by atoms with Crippen LogP contribution in [0.5, 0.6) is 0 Å². The van der Waals surface area contributed by atoms with E-state index in [4.69, 9.17) is 11.6 Å². The number of hydrogen-bond acceptors (Lipinski definition) is 7. The minimum Gasteiger partial charge on any atom is -0.343 e. The Balaban J connectivity index is 1.74. The maximum Gasteiger partial charge on any atom is 0.281 e. The van der Waals surface area contributed by atoms with Gasteiger partial charge in [-0.15, -0.1) is 0 Å². The Morgan fingerprint density at radius 2 is 2.17 bits per heavy atom. The van der Waals surface area contributed by atoms with Gasteiger partial charge in [0.1, 0.15) is 11.1 Å². The van der Waals surface area contributed by atoms with E-state index in [1.54, 1.807) is 24.4 Å². The van der Waals surface area contributed by atoms with Gasteiger partial charge in [-0.25, -0.2) is 8.42 Å². The van der Waals surface area contributed by atoms with E-state index in [0.29, 0.717) is 28.7 Å². The van der Waals surface area contributed by atoms with Gasteiger partial charge in [0.05, 0.1) is 28.5 Å². The number of nitrogens with zero attached hydrogens (tertiary/aromatic N) is 4. The third kappa shape index (κ3) is 3.62. The van der Waals surface area contributed by atoms with Crippen LogP contribution in [0.1, 0.15) is 18.0 Å². The van der Waals surface area contributed by atoms with Gasteiger partial charge in [0.2, 0.25) is 10.0 Å². The lowest BCUT2D eigenvalue weighted by Crippen LogP contribution is -2.29. The van der Waals surface area contributed by atoms with Gasteiger partial charge in [0, 0.05) is 24.7 Å². The molecule has 0 radical (unpaired) electrons. The molecule has 1 atom stereocenters. The molecule has 1 aromatic carbocycles. The van der Waals surface area contributed by atoms with Gasteiger partial charge in [-0.1, -0.05) is 11.6 Å². The maximum atomic E-state index is 12.8. The summed E-state index contributed by atoms with van der Waals surface area (Å²) >= 11 is 7.47. The minimum atomic E-state index is -3.33. The molecule has 11 heteroatoms. The second-order valence-electron chi connectivity index (χ2n) is 6.72. The molecule has 0 bridgehead atoms. The number of benzene rings is 1. The van der Waals surface area contributed by atoms with Crippen LogP contribution in [0.15, 0.2) is 35.3 Å². The van der Waals surface area contributed by atoms with Gasteiger partial charge < -0.3 is 5.32 Å². The van der Waals surface area contributed by atoms with Crippen LogP contribution < -0.4 is 10.9 Å². The van der Waals surface area contributed by atoms with E-state index in [-0.39, 0.29) is 18.2 Å². The summed E-state index contributed by atoms with van der Waals surface area (Å²) in [5.41, 5.74) is 0.829. The summed E-state index contributed by atoms with van der Waals surface area (Å²) in [4.78, 5) is 17.1. The monoisotopic (exact) mass is 449 g/mol. The summed E-state index contributed by atoms with van der Waals surface area (Å²) in [7, 11) is -3.33. The SMILES string of the molecule is CS(=O)(=O)N1CC[C@@H](n2sc(Nc3c(Cl)ccc4ncccc34)c(C#N)c2=O)C1. The van der Waals surface area contributed by atoms with E-state index < -0.39 is 15.6 Å². The molecule has 1 aliphatic rings. The van der Waals surface area contributed by atoms with E-state index in [2.05, 4.69) is 10.3 Å². The molecule has 3 aromatic rings. The number of hydrogen-bond donors (Lipinski definition) is 1. The van der Waals surface area contributed by atoms with Crippen molar-refractivity contribution in [3.8, 4) is 6.07 Å². The van der Waals surface area contributed by atoms with Crippen molar-refractivity contribution in [2.24, 2.45) is 0 Å². The number of nitriles is 1. The Morgan fingerprint density at radius 3 is 2.86 bits per heavy atom. The fourth-order valence-corrected chi connectivity index (χ4v) is 5.54. The molecule has 2 aromatic heterocycles. The van der Waals surface area contributed by atoms with Gasteiger partial charge in [-0.3, -0.25) is 13.7 Å². The molecule has 1 N–H and O–H groups in total. The Kier molecular flexibility index (Phi) is 5.08. The van der Waals surface area contributed by atoms with Crippen molar-refractivity contribution in [2.45, 2.75) is 12.5 Å². The molecule has 8 nitrogen and oxygen atoms in total. The molecule has 0 spiro atoms. The molecular weight excluding hydrogens is 434 g/mol. The molecule has 150 valence electrons. The number of pyridine rings is 1. The predicted molar refractivity (Wildman–Crippen MR) is 113 cm³/mol. The molecule has 0 aliphatic carbocycles. The number of nitrogens with one attached hydrogen (secondary N) is 1. The van der Waals surface area contributed by atoms with Gasteiger partial charge in [0.15, 0.2) is 5.56 Å². The van der Waals surface area contributed by atoms with E-state index in [1.165, 1.54) is 8.26 Å². The summed E-state index contributed by atoms with van der Waals surface area (Å²) in [5.74, 6) is 0. The minimum absolute atomic E-state index is 0.0234. The zero-order chi connectivity index (χ0) is 20.8. The third-order valence-electron chi connectivity index (χ3n) is 4.84. The van der Waals surface area contributed by atoms with E-state index in [0.717, 1.165) is 28.7 Å². The first-order chi connectivity index (χ1) is 13.8. The molecule has 0 saturated carbocycles. The number of aromatic nitrogens is 2. The highest BCUT2D eigenvalue weighted by atomic mass is 35.5. The van der Waals surface area contributed by atoms with Gasteiger partial charge in [-0.05, 0) is 42.2 Å². The van der Waals surface area contributed by atoms with Crippen LogP contribution in [0, 0.1) is 11.3 Å². The van der Waals surface area contributed by atoms with Crippen LogP contribution in [0.2, 0.25) is 5.02 Å². The number of rotatable bonds is 4. The number of sulfonamides is 1. The number of halogens is 1. The lowest BCUT2D eigenvalue weighted by atomic mass is 10.2. The van der Waals surface area contributed by atoms with Crippen LogP contribution in [-0.4, -0.2) is 41.0 Å². The Labute approximate surface area is 176 Å². The molecule has 3 heterocycles. The molecule has 1 saturated heterocycles. The first kappa shape index (κ1) is 19.8. The molecule has 4 rings (SSSR count). The molecule has 29 heavy (non-hydrogen) atoms. The van der Waals surface area contributed by atoms with E-state index in [1.807, 2.05) is 12.1 Å². The average Bonchev–Trinajstić information content (AvgIpc) is 3.29.